The average molecular weight is 351 g/mol. The zero-order chi connectivity index (χ0) is 16.4. The monoisotopic (exact) mass is 351 g/mol. The van der Waals surface area contributed by atoms with Crippen molar-refractivity contribution in [2.24, 2.45) is 0 Å². The van der Waals surface area contributed by atoms with Crippen molar-refractivity contribution in [1.82, 2.24) is 4.90 Å². The molecule has 1 fully saturated rings. The van der Waals surface area contributed by atoms with Gasteiger partial charge in [0.25, 0.3) is 5.91 Å². The van der Waals surface area contributed by atoms with Crippen LogP contribution >= 0.6 is 24.0 Å². The summed E-state index contributed by atoms with van der Waals surface area (Å²) in [6.07, 6.45) is 2.13. The number of amides is 1. The third-order valence-electron chi connectivity index (χ3n) is 3.34. The van der Waals surface area contributed by atoms with Crippen LogP contribution in [0, 0.1) is 0 Å². The maximum Gasteiger partial charge on any atom is 0.303 e. The Bertz CT molecular complexity index is 716. The Morgan fingerprint density at radius 3 is 2.96 bits per heavy atom. The lowest BCUT2D eigenvalue weighted by Gasteiger charge is -2.13. The SMILES string of the molecule is O=C(O)CCCN1C(=O)C(=Cc2ccc3c(c2)OCO3)SC1=S. The molecule has 8 heteroatoms. The number of carbonyl (C=O) groups excluding carboxylic acids is 1. The molecule has 1 N–H and O–H groups in total. The molecule has 2 aliphatic heterocycles. The fourth-order valence-corrected chi connectivity index (χ4v) is 3.54. The molecular formula is C15H13NO5S2. The summed E-state index contributed by atoms with van der Waals surface area (Å²) < 4.78 is 11.0. The smallest absolute Gasteiger partial charge is 0.303 e. The van der Waals surface area contributed by atoms with Gasteiger partial charge in [-0.2, -0.15) is 0 Å². The number of carboxylic acids is 1. The highest BCUT2D eigenvalue weighted by molar-refractivity contribution is 8.26. The van der Waals surface area contributed by atoms with Crippen molar-refractivity contribution < 1.29 is 24.2 Å². The van der Waals surface area contributed by atoms with Gasteiger partial charge in [0, 0.05) is 13.0 Å². The summed E-state index contributed by atoms with van der Waals surface area (Å²) >= 11 is 6.42. The van der Waals surface area contributed by atoms with Gasteiger partial charge in [-0.1, -0.05) is 30.0 Å². The van der Waals surface area contributed by atoms with Crippen molar-refractivity contribution in [2.45, 2.75) is 12.8 Å². The van der Waals surface area contributed by atoms with E-state index in [4.69, 9.17) is 26.8 Å². The highest BCUT2D eigenvalue weighted by atomic mass is 32.2. The molecule has 0 atom stereocenters. The summed E-state index contributed by atoms with van der Waals surface area (Å²) in [7, 11) is 0. The molecule has 120 valence electrons. The zero-order valence-corrected chi connectivity index (χ0v) is 13.6. The fourth-order valence-electron chi connectivity index (χ4n) is 2.24. The molecule has 0 unspecified atom stereocenters. The number of rotatable bonds is 5. The molecular weight excluding hydrogens is 338 g/mol. The van der Waals surface area contributed by atoms with Gasteiger partial charge in [-0.15, -0.1) is 0 Å². The molecule has 1 aromatic carbocycles. The van der Waals surface area contributed by atoms with Crippen LogP contribution in [0.1, 0.15) is 18.4 Å². The van der Waals surface area contributed by atoms with Crippen LogP contribution in [0.15, 0.2) is 23.1 Å². The van der Waals surface area contributed by atoms with Gasteiger partial charge < -0.3 is 14.6 Å². The van der Waals surface area contributed by atoms with E-state index < -0.39 is 5.97 Å². The van der Waals surface area contributed by atoms with Gasteiger partial charge >= 0.3 is 5.97 Å². The van der Waals surface area contributed by atoms with Crippen LogP contribution in [-0.2, 0) is 9.59 Å². The standard InChI is InChI=1S/C15H13NO5S2/c17-13(18)2-1-5-16-14(19)12(23-15(16)22)7-9-3-4-10-11(6-9)21-8-20-10/h3-4,6-7H,1-2,5,8H2,(H,17,18). The van der Waals surface area contributed by atoms with E-state index in [1.54, 1.807) is 18.2 Å². The van der Waals surface area contributed by atoms with Crippen LogP contribution in [0.2, 0.25) is 0 Å². The lowest BCUT2D eigenvalue weighted by molar-refractivity contribution is -0.137. The van der Waals surface area contributed by atoms with Crippen LogP contribution < -0.4 is 9.47 Å². The molecule has 3 rings (SSSR count). The molecule has 1 aromatic rings. The third kappa shape index (κ3) is 3.48. The molecule has 23 heavy (non-hydrogen) atoms. The van der Waals surface area contributed by atoms with Crippen molar-refractivity contribution in [2.75, 3.05) is 13.3 Å². The summed E-state index contributed by atoms with van der Waals surface area (Å²) in [5, 5.41) is 8.67. The summed E-state index contributed by atoms with van der Waals surface area (Å²) in [5.41, 5.74) is 0.820. The third-order valence-corrected chi connectivity index (χ3v) is 4.72. The molecule has 0 radical (unpaired) electrons. The summed E-state index contributed by atoms with van der Waals surface area (Å²) in [5.74, 6) is 0.258. The number of hydrogen-bond donors (Lipinski definition) is 1. The van der Waals surface area contributed by atoms with E-state index >= 15 is 0 Å². The molecule has 2 heterocycles. The minimum Gasteiger partial charge on any atom is -0.481 e. The summed E-state index contributed by atoms with van der Waals surface area (Å²) in [6, 6.07) is 5.44. The van der Waals surface area contributed by atoms with Crippen LogP contribution in [0.25, 0.3) is 6.08 Å². The van der Waals surface area contributed by atoms with E-state index in [-0.39, 0.29) is 19.1 Å². The first-order chi connectivity index (χ1) is 11.0. The topological polar surface area (TPSA) is 76.1 Å². The molecule has 0 bridgehead atoms. The van der Waals surface area contributed by atoms with E-state index in [0.717, 1.165) is 5.56 Å². The number of carboxylic acid groups (broad SMARTS) is 1. The van der Waals surface area contributed by atoms with E-state index in [1.165, 1.54) is 16.7 Å². The molecule has 0 spiro atoms. The van der Waals surface area contributed by atoms with Crippen LogP contribution in [0.5, 0.6) is 11.5 Å². The second kappa shape index (κ2) is 6.59. The van der Waals surface area contributed by atoms with Gasteiger partial charge in [0.2, 0.25) is 6.79 Å². The van der Waals surface area contributed by atoms with Gasteiger partial charge in [-0.3, -0.25) is 14.5 Å². The number of carbonyl (C=O) groups is 2. The maximum absolute atomic E-state index is 12.4. The van der Waals surface area contributed by atoms with Crippen LogP contribution in [0.3, 0.4) is 0 Å². The first-order valence-corrected chi connectivity index (χ1v) is 8.14. The number of thioether (sulfide) groups is 1. The lowest BCUT2D eigenvalue weighted by atomic mass is 10.2. The first kappa shape index (κ1) is 15.8. The lowest BCUT2D eigenvalue weighted by Crippen LogP contribution is -2.29. The van der Waals surface area contributed by atoms with E-state index in [2.05, 4.69) is 0 Å². The molecule has 1 amide bonds. The average Bonchev–Trinajstić information content (AvgIpc) is 3.06. The molecule has 0 aromatic heterocycles. The number of benzene rings is 1. The minimum absolute atomic E-state index is 0.0122. The van der Waals surface area contributed by atoms with Crippen molar-refractivity contribution in [1.29, 1.82) is 0 Å². The number of fused-ring (bicyclic) bond motifs is 1. The Kier molecular flexibility index (Phi) is 4.53. The number of aliphatic carboxylic acids is 1. The summed E-state index contributed by atoms with van der Waals surface area (Å²) in [4.78, 5) is 24.9. The van der Waals surface area contributed by atoms with E-state index in [9.17, 15) is 9.59 Å². The van der Waals surface area contributed by atoms with Crippen LogP contribution in [0.4, 0.5) is 0 Å². The zero-order valence-electron chi connectivity index (χ0n) is 12.0. The van der Waals surface area contributed by atoms with Crippen molar-refractivity contribution in [3.05, 3.63) is 28.7 Å². The minimum atomic E-state index is -0.883. The molecule has 2 aliphatic rings. The Hall–Kier alpha value is -2.06. The van der Waals surface area contributed by atoms with Gasteiger partial charge in [-0.05, 0) is 30.2 Å². The maximum atomic E-state index is 12.4. The molecule has 0 aliphatic carbocycles. The van der Waals surface area contributed by atoms with E-state index in [1.807, 2.05) is 6.07 Å². The van der Waals surface area contributed by atoms with Gasteiger partial charge in [0.1, 0.15) is 4.32 Å². The number of nitrogens with zero attached hydrogens (tertiary/aromatic N) is 1. The van der Waals surface area contributed by atoms with Gasteiger partial charge in [0.15, 0.2) is 11.5 Å². The predicted molar refractivity (Wildman–Crippen MR) is 89.3 cm³/mol. The Morgan fingerprint density at radius 1 is 1.39 bits per heavy atom. The van der Waals surface area contributed by atoms with Gasteiger partial charge in [0.05, 0.1) is 4.91 Å². The number of thiocarbonyl (C=S) groups is 1. The highest BCUT2D eigenvalue weighted by Gasteiger charge is 2.31. The predicted octanol–water partition coefficient (Wildman–Crippen LogP) is 2.48. The van der Waals surface area contributed by atoms with Crippen molar-refractivity contribution >= 4 is 46.3 Å². The molecule has 6 nitrogen and oxygen atoms in total. The van der Waals surface area contributed by atoms with Gasteiger partial charge in [-0.25, -0.2) is 0 Å². The number of hydrogen-bond acceptors (Lipinski definition) is 6. The first-order valence-electron chi connectivity index (χ1n) is 6.91. The second-order valence-electron chi connectivity index (χ2n) is 4.94. The van der Waals surface area contributed by atoms with Crippen molar-refractivity contribution in [3.63, 3.8) is 0 Å². The number of ether oxygens (including phenoxy) is 2. The Balaban J connectivity index is 1.72. The Labute approximate surface area is 142 Å². The Morgan fingerprint density at radius 2 is 2.17 bits per heavy atom. The highest BCUT2D eigenvalue weighted by Crippen LogP contribution is 2.36. The van der Waals surface area contributed by atoms with Crippen LogP contribution in [-0.4, -0.2) is 39.5 Å². The molecule has 0 saturated carbocycles. The molecule has 1 saturated heterocycles. The van der Waals surface area contributed by atoms with Crippen molar-refractivity contribution in [3.8, 4) is 11.5 Å². The second-order valence-corrected chi connectivity index (χ2v) is 6.62. The summed E-state index contributed by atoms with van der Waals surface area (Å²) in [6.45, 7) is 0.514. The normalized spacial score (nSPS) is 18.1. The largest absolute Gasteiger partial charge is 0.481 e. The van der Waals surface area contributed by atoms with E-state index in [0.29, 0.717) is 33.7 Å². The quantitative estimate of drug-likeness (QED) is 0.645. The fraction of sp³-hybridized carbons (Fsp3) is 0.267.